The van der Waals surface area contributed by atoms with Crippen molar-refractivity contribution in [3.63, 3.8) is 0 Å². The van der Waals surface area contributed by atoms with Crippen LogP contribution in [0.5, 0.6) is 5.75 Å². The molecule has 0 aromatic heterocycles. The number of hydrogen-bond acceptors (Lipinski definition) is 2. The van der Waals surface area contributed by atoms with Crippen LogP contribution in [0, 0.1) is 0 Å². The Labute approximate surface area is 149 Å². The molecule has 0 saturated carbocycles. The third-order valence-electron chi connectivity index (χ3n) is 4.46. The van der Waals surface area contributed by atoms with Crippen LogP contribution in [0.1, 0.15) is 30.1 Å². The van der Waals surface area contributed by atoms with E-state index in [2.05, 4.69) is 43.3 Å². The second-order valence-corrected chi connectivity index (χ2v) is 6.59. The van der Waals surface area contributed by atoms with Crippen molar-refractivity contribution in [1.29, 1.82) is 0 Å². The van der Waals surface area contributed by atoms with Crippen LogP contribution in [0.25, 0.3) is 0 Å². The molecule has 1 aliphatic carbocycles. The number of ether oxygens (including phenoxy) is 1. The van der Waals surface area contributed by atoms with E-state index >= 15 is 0 Å². The van der Waals surface area contributed by atoms with Crippen molar-refractivity contribution < 1.29 is 4.74 Å². The summed E-state index contributed by atoms with van der Waals surface area (Å²) < 4.78 is 6.31. The minimum absolute atomic E-state index is 0. The number of halogens is 2. The van der Waals surface area contributed by atoms with Gasteiger partial charge in [-0.3, -0.25) is 0 Å². The van der Waals surface area contributed by atoms with Gasteiger partial charge in [0.2, 0.25) is 0 Å². The van der Waals surface area contributed by atoms with Crippen LogP contribution in [0.15, 0.2) is 48.5 Å². The summed E-state index contributed by atoms with van der Waals surface area (Å²) >= 11 is 5.96. The summed E-state index contributed by atoms with van der Waals surface area (Å²) in [4.78, 5) is 2.31. The Bertz CT molecular complexity index is 628. The van der Waals surface area contributed by atoms with Gasteiger partial charge in [0.05, 0.1) is 0 Å². The molecule has 0 spiro atoms. The minimum atomic E-state index is 0. The summed E-state index contributed by atoms with van der Waals surface area (Å²) in [5.74, 6) is 0.878. The van der Waals surface area contributed by atoms with E-state index in [-0.39, 0.29) is 18.5 Å². The zero-order valence-corrected chi connectivity index (χ0v) is 15.1. The van der Waals surface area contributed by atoms with E-state index in [1.54, 1.807) is 0 Å². The van der Waals surface area contributed by atoms with Crippen LogP contribution < -0.4 is 4.74 Å². The highest BCUT2D eigenvalue weighted by atomic mass is 35.5. The van der Waals surface area contributed by atoms with Crippen molar-refractivity contribution in [1.82, 2.24) is 4.90 Å². The van der Waals surface area contributed by atoms with Crippen LogP contribution in [-0.2, 0) is 6.42 Å². The molecule has 1 aliphatic rings. The molecule has 2 atom stereocenters. The van der Waals surface area contributed by atoms with Crippen molar-refractivity contribution in [2.45, 2.75) is 31.4 Å². The quantitative estimate of drug-likeness (QED) is 0.709. The van der Waals surface area contributed by atoms with Gasteiger partial charge < -0.3 is 9.64 Å². The SMILES string of the molecule is CN(C)C1CCc2ccccc2C(Oc2ccc(Cl)cc2)C1.Cl. The highest BCUT2D eigenvalue weighted by Crippen LogP contribution is 2.34. The van der Waals surface area contributed by atoms with Gasteiger partial charge in [-0.1, -0.05) is 35.9 Å². The number of hydrogen-bond donors (Lipinski definition) is 0. The first kappa shape index (κ1) is 18.1. The molecule has 0 heterocycles. The van der Waals surface area contributed by atoms with Gasteiger partial charge in [-0.15, -0.1) is 12.4 Å². The van der Waals surface area contributed by atoms with Crippen LogP contribution in [0.3, 0.4) is 0 Å². The molecule has 4 heteroatoms. The van der Waals surface area contributed by atoms with Crippen molar-refractivity contribution in [2.75, 3.05) is 14.1 Å². The largest absolute Gasteiger partial charge is 0.486 e. The number of rotatable bonds is 3. The number of aryl methyl sites for hydroxylation is 1. The molecule has 0 N–H and O–H groups in total. The topological polar surface area (TPSA) is 12.5 Å². The Hall–Kier alpha value is -1.22. The lowest BCUT2D eigenvalue weighted by Crippen LogP contribution is -2.30. The van der Waals surface area contributed by atoms with Crippen LogP contribution >= 0.6 is 24.0 Å². The van der Waals surface area contributed by atoms with E-state index in [1.165, 1.54) is 17.5 Å². The van der Waals surface area contributed by atoms with Gasteiger partial charge in [0.1, 0.15) is 11.9 Å². The van der Waals surface area contributed by atoms with E-state index in [0.29, 0.717) is 6.04 Å². The Kier molecular flexibility index (Phi) is 6.34. The summed E-state index contributed by atoms with van der Waals surface area (Å²) in [6.07, 6.45) is 3.38. The molecule has 23 heavy (non-hydrogen) atoms. The molecular weight excluding hydrogens is 329 g/mol. The molecular formula is C19H23Cl2NO. The average Bonchev–Trinajstić information content (AvgIpc) is 2.70. The van der Waals surface area contributed by atoms with Crippen molar-refractivity contribution >= 4 is 24.0 Å². The molecule has 0 saturated heterocycles. The van der Waals surface area contributed by atoms with Gasteiger partial charge >= 0.3 is 0 Å². The lowest BCUT2D eigenvalue weighted by Gasteiger charge is -2.27. The van der Waals surface area contributed by atoms with E-state index < -0.39 is 0 Å². The van der Waals surface area contributed by atoms with Crippen molar-refractivity contribution in [3.05, 3.63) is 64.7 Å². The van der Waals surface area contributed by atoms with Crippen molar-refractivity contribution in [2.24, 2.45) is 0 Å². The van der Waals surface area contributed by atoms with Gasteiger partial charge in [-0.05, 0) is 62.3 Å². The van der Waals surface area contributed by atoms with Gasteiger partial charge in [0, 0.05) is 17.5 Å². The second kappa shape index (κ2) is 8.05. The zero-order chi connectivity index (χ0) is 15.5. The fourth-order valence-corrected chi connectivity index (χ4v) is 3.27. The monoisotopic (exact) mass is 351 g/mol. The third kappa shape index (κ3) is 4.41. The summed E-state index contributed by atoms with van der Waals surface area (Å²) in [7, 11) is 4.31. The molecule has 2 aromatic rings. The third-order valence-corrected chi connectivity index (χ3v) is 4.71. The molecule has 0 aliphatic heterocycles. The Balaban J connectivity index is 0.00000192. The van der Waals surface area contributed by atoms with Gasteiger partial charge in [0.15, 0.2) is 0 Å². The molecule has 3 rings (SSSR count). The first-order chi connectivity index (χ1) is 10.6. The normalized spacial score (nSPS) is 20.3. The Morgan fingerprint density at radius 3 is 2.43 bits per heavy atom. The molecule has 0 fully saturated rings. The first-order valence-electron chi connectivity index (χ1n) is 7.80. The van der Waals surface area contributed by atoms with E-state index in [9.17, 15) is 0 Å². The Morgan fingerprint density at radius 2 is 1.74 bits per heavy atom. The summed E-state index contributed by atoms with van der Waals surface area (Å²) in [5, 5.41) is 0.736. The van der Waals surface area contributed by atoms with Crippen LogP contribution in [0.2, 0.25) is 5.02 Å². The summed E-state index contributed by atoms with van der Waals surface area (Å²) in [5.41, 5.74) is 2.73. The van der Waals surface area contributed by atoms with Crippen molar-refractivity contribution in [3.8, 4) is 5.75 Å². The number of fused-ring (bicyclic) bond motifs is 1. The second-order valence-electron chi connectivity index (χ2n) is 6.15. The maximum Gasteiger partial charge on any atom is 0.125 e. The number of benzene rings is 2. The molecule has 2 unspecified atom stereocenters. The first-order valence-corrected chi connectivity index (χ1v) is 8.18. The standard InChI is InChI=1S/C19H22ClNO.ClH/c1-21(2)16-10-7-14-5-3-4-6-18(14)19(13-16)22-17-11-8-15(20)9-12-17;/h3-6,8-9,11-12,16,19H,7,10,13H2,1-2H3;1H. The smallest absolute Gasteiger partial charge is 0.125 e. The summed E-state index contributed by atoms with van der Waals surface area (Å²) in [6, 6.07) is 16.8. The maximum atomic E-state index is 6.31. The molecule has 0 amide bonds. The highest BCUT2D eigenvalue weighted by molar-refractivity contribution is 6.30. The van der Waals surface area contributed by atoms with E-state index in [0.717, 1.165) is 23.6 Å². The van der Waals surface area contributed by atoms with Crippen LogP contribution in [0.4, 0.5) is 0 Å². The fraction of sp³-hybridized carbons (Fsp3) is 0.368. The van der Waals surface area contributed by atoms with Gasteiger partial charge in [-0.2, -0.15) is 0 Å². The average molecular weight is 352 g/mol. The zero-order valence-electron chi connectivity index (χ0n) is 13.5. The van der Waals surface area contributed by atoms with Gasteiger partial charge in [0.25, 0.3) is 0 Å². The van der Waals surface area contributed by atoms with Crippen LogP contribution in [-0.4, -0.2) is 25.0 Å². The van der Waals surface area contributed by atoms with E-state index in [1.807, 2.05) is 24.3 Å². The molecule has 0 radical (unpaired) electrons. The Morgan fingerprint density at radius 1 is 1.04 bits per heavy atom. The predicted octanol–water partition coefficient (Wildman–Crippen LogP) is 5.15. The molecule has 124 valence electrons. The highest BCUT2D eigenvalue weighted by Gasteiger charge is 2.26. The number of nitrogens with zero attached hydrogens (tertiary/aromatic N) is 1. The maximum absolute atomic E-state index is 6.31. The minimum Gasteiger partial charge on any atom is -0.486 e. The van der Waals surface area contributed by atoms with Gasteiger partial charge in [-0.25, -0.2) is 0 Å². The predicted molar refractivity (Wildman–Crippen MR) is 98.9 cm³/mol. The fourth-order valence-electron chi connectivity index (χ4n) is 3.15. The molecule has 2 nitrogen and oxygen atoms in total. The molecule has 2 aromatic carbocycles. The molecule has 0 bridgehead atoms. The van der Waals surface area contributed by atoms with E-state index in [4.69, 9.17) is 16.3 Å². The summed E-state index contributed by atoms with van der Waals surface area (Å²) in [6.45, 7) is 0. The lowest BCUT2D eigenvalue weighted by molar-refractivity contribution is 0.147. The lowest BCUT2D eigenvalue weighted by atomic mass is 10.0.